The molecular weight excluding hydrogens is 835 g/mol. The minimum Gasteiger partial charge on any atom is -0.459 e. The van der Waals surface area contributed by atoms with E-state index >= 15 is 0 Å². The maximum Gasteiger partial charge on any atom is 0.316 e. The van der Waals surface area contributed by atoms with Gasteiger partial charge in [-0.15, -0.1) is 11.3 Å². The third-order valence-corrected chi connectivity index (χ3v) is 13.4. The number of thiophene rings is 1. The zero-order valence-electron chi connectivity index (χ0n) is 38.2. The predicted octanol–water partition coefficient (Wildman–Crippen LogP) is 4.83. The van der Waals surface area contributed by atoms with Gasteiger partial charge in [-0.2, -0.15) is 0 Å². The molecule has 2 aromatic rings. The Morgan fingerprint density at radius 2 is 1.79 bits per heavy atom. The lowest BCUT2D eigenvalue weighted by Crippen LogP contribution is -2.60. The molecule has 0 unspecified atom stereocenters. The first-order chi connectivity index (χ1) is 29.7. The lowest BCUT2D eigenvalue weighted by Gasteiger charge is -2.47. The van der Waals surface area contributed by atoms with Gasteiger partial charge in [-0.05, 0) is 91.2 Å². The number of ketones is 1. The number of Topliss-reactive ketones (excluding diaryl/α,β-unsaturated/α-hetero) is 1. The first-order valence-electron chi connectivity index (χ1n) is 21.6. The van der Waals surface area contributed by atoms with Gasteiger partial charge >= 0.3 is 5.97 Å². The molecule has 2 amide bonds. The van der Waals surface area contributed by atoms with Gasteiger partial charge in [-0.25, -0.2) is 9.98 Å². The Balaban J connectivity index is 1.60. The van der Waals surface area contributed by atoms with Gasteiger partial charge in [0.05, 0.1) is 42.0 Å². The Kier molecular flexibility index (Phi) is 16.9. The highest BCUT2D eigenvalue weighted by Crippen LogP contribution is 2.40. The Morgan fingerprint density at radius 3 is 2.44 bits per heavy atom. The Labute approximate surface area is 373 Å². The van der Waals surface area contributed by atoms with E-state index in [-0.39, 0.29) is 56.4 Å². The van der Waals surface area contributed by atoms with Crippen molar-refractivity contribution in [3.05, 3.63) is 46.3 Å². The molecule has 3 aliphatic rings. The maximum absolute atomic E-state index is 14.5. The first kappa shape index (κ1) is 50.0. The van der Waals surface area contributed by atoms with Crippen molar-refractivity contribution >= 4 is 52.1 Å². The number of rotatable bonds is 9. The number of fused-ring (bicyclic) bond motifs is 5. The summed E-state index contributed by atoms with van der Waals surface area (Å²) in [5, 5.41) is 31.4. The smallest absolute Gasteiger partial charge is 0.316 e. The van der Waals surface area contributed by atoms with Crippen molar-refractivity contribution in [3.8, 4) is 0 Å². The fraction of sp³-hybridized carbons (Fsp3) is 0.667. The van der Waals surface area contributed by atoms with Crippen molar-refractivity contribution in [2.24, 2.45) is 33.8 Å². The molecule has 3 fully saturated rings. The number of hydrogen-bond acceptors (Lipinski definition) is 16. The summed E-state index contributed by atoms with van der Waals surface area (Å²) in [4.78, 5) is 71.8. The number of hydrogen-bond donors (Lipinski definition) is 3. The SMILES string of the molecule is CC[C@H]1OC(=O)[C@H](C)C(=O)[C@H](C)[C@@H](O[C@@H]2O[C@H](C)C[C@H](N(C)C)[C@H]2O)[C@@]2(C)C[C@@H](C)C(=NC(C)=O)[C@H](C)[C@@H](OC/C(=N/OCc3ccc(C(=O)Nc4ccccn4)s3)CO2)[C@]1(C)O. The summed E-state index contributed by atoms with van der Waals surface area (Å²) >= 11 is 1.22. The molecule has 0 saturated carbocycles. The second kappa shape index (κ2) is 21.3. The number of nitrogens with zero attached hydrogens (tertiary/aromatic N) is 4. The van der Waals surface area contributed by atoms with Gasteiger partial charge in [0.1, 0.15) is 35.3 Å². The monoisotopic (exact) mass is 899 g/mol. The molecule has 2 aromatic heterocycles. The van der Waals surface area contributed by atoms with Gasteiger partial charge in [0, 0.05) is 41.6 Å². The molecule has 2 bridgehead atoms. The van der Waals surface area contributed by atoms with E-state index in [0.29, 0.717) is 27.7 Å². The van der Waals surface area contributed by atoms with Crippen LogP contribution in [0, 0.1) is 23.7 Å². The van der Waals surface area contributed by atoms with Crippen LogP contribution in [0.3, 0.4) is 0 Å². The zero-order valence-corrected chi connectivity index (χ0v) is 39.0. The highest BCUT2D eigenvalue weighted by molar-refractivity contribution is 7.14. The predicted molar refractivity (Wildman–Crippen MR) is 235 cm³/mol. The molecule has 3 N–H and O–H groups in total. The lowest BCUT2D eigenvalue weighted by molar-refractivity contribution is -0.296. The van der Waals surface area contributed by atoms with Gasteiger partial charge in [-0.1, -0.05) is 38.9 Å². The van der Waals surface area contributed by atoms with Crippen LogP contribution < -0.4 is 5.32 Å². The van der Waals surface area contributed by atoms with Crippen LogP contribution in [0.25, 0.3) is 0 Å². The Hall–Kier alpha value is -4.01. The van der Waals surface area contributed by atoms with E-state index in [1.807, 2.05) is 32.8 Å². The summed E-state index contributed by atoms with van der Waals surface area (Å²) in [6.07, 6.45) is -3.75. The van der Waals surface area contributed by atoms with E-state index in [1.165, 1.54) is 32.1 Å². The summed E-state index contributed by atoms with van der Waals surface area (Å²) < 4.78 is 32.5. The standard InChI is InChI=1S/C45H65N5O12S/c1-12-34-45(9,56)40-26(4)36(47-29(7)51)24(2)20-44(8,39(27(5)37(52)28(6)42(55)61-34)62-43-38(53)32(50(10)11)19-25(3)60-43)58-22-30(21-57-40)49-59-23-31-16-17-33(63-31)41(54)48-35-15-13-14-18-46-35/h13-18,24-28,32,34,38-40,43,53,56H,12,19-23H2,1-11H3,(H,46,48,54)/b47-36?,49-30-/t24-,25-,26+,27+,28-,32+,34-,38-,39-,40-,43+,44-,45-/m1/s1. The van der Waals surface area contributed by atoms with E-state index in [4.69, 9.17) is 28.5 Å². The lowest BCUT2D eigenvalue weighted by atomic mass is 9.73. The molecule has 17 nitrogen and oxygen atoms in total. The van der Waals surface area contributed by atoms with Gasteiger partial charge in [0.25, 0.3) is 5.91 Å². The number of carbonyl (C=O) groups excluding carboxylic acids is 4. The molecule has 3 saturated heterocycles. The number of aliphatic hydroxyl groups excluding tert-OH is 1. The minimum atomic E-state index is -1.88. The van der Waals surface area contributed by atoms with Gasteiger partial charge < -0.3 is 49.0 Å². The first-order valence-corrected chi connectivity index (χ1v) is 22.4. The number of aliphatic imine (C=N–C) groups is 1. The molecule has 0 spiro atoms. The fourth-order valence-electron chi connectivity index (χ4n) is 8.99. The van der Waals surface area contributed by atoms with Crippen molar-refractivity contribution in [3.63, 3.8) is 0 Å². The topological polar surface area (TPSA) is 217 Å². The van der Waals surface area contributed by atoms with Crippen molar-refractivity contribution in [2.75, 3.05) is 32.6 Å². The summed E-state index contributed by atoms with van der Waals surface area (Å²) in [5.41, 5.74) is -2.68. The van der Waals surface area contributed by atoms with Crippen LogP contribution in [0.1, 0.15) is 96.1 Å². The number of cyclic esters (lactones) is 1. The number of oxime groups is 1. The third kappa shape index (κ3) is 12.0. The van der Waals surface area contributed by atoms with Gasteiger partial charge in [0.2, 0.25) is 5.91 Å². The van der Waals surface area contributed by atoms with Crippen LogP contribution in [-0.2, 0) is 49.5 Å². The van der Waals surface area contributed by atoms with Crippen LogP contribution >= 0.6 is 11.3 Å². The number of pyridine rings is 1. The number of esters is 1. The maximum atomic E-state index is 14.5. The van der Waals surface area contributed by atoms with Crippen molar-refractivity contribution in [1.82, 2.24) is 9.88 Å². The number of aliphatic hydroxyl groups is 2. The van der Waals surface area contributed by atoms with E-state index in [0.717, 1.165) is 0 Å². The van der Waals surface area contributed by atoms with Gasteiger partial charge in [-0.3, -0.25) is 19.2 Å². The van der Waals surface area contributed by atoms with Crippen LogP contribution in [-0.4, -0.2) is 136 Å². The van der Waals surface area contributed by atoms with Gasteiger partial charge in [0.15, 0.2) is 18.7 Å². The molecule has 13 atom stereocenters. The summed E-state index contributed by atoms with van der Waals surface area (Å²) in [5.74, 6) is -5.39. The van der Waals surface area contributed by atoms with E-state index in [1.54, 1.807) is 64.2 Å². The quantitative estimate of drug-likeness (QED) is 0.175. The number of anilines is 1. The van der Waals surface area contributed by atoms with E-state index < -0.39 is 83.2 Å². The van der Waals surface area contributed by atoms with Crippen LogP contribution in [0.15, 0.2) is 46.7 Å². The van der Waals surface area contributed by atoms with Crippen LogP contribution in [0.5, 0.6) is 0 Å². The zero-order chi connectivity index (χ0) is 46.4. The third-order valence-electron chi connectivity index (χ3n) is 12.3. The summed E-state index contributed by atoms with van der Waals surface area (Å²) in [6.45, 7) is 14.5. The molecule has 5 heterocycles. The molecule has 0 aromatic carbocycles. The molecular formula is C45H65N5O12S. The molecule has 0 radical (unpaired) electrons. The molecule has 18 heteroatoms. The highest BCUT2D eigenvalue weighted by Gasteiger charge is 2.53. The average molecular weight is 900 g/mol. The second-order valence-electron chi connectivity index (χ2n) is 17.7. The highest BCUT2D eigenvalue weighted by atomic mass is 32.1. The van der Waals surface area contributed by atoms with Crippen molar-refractivity contribution < 1.29 is 57.9 Å². The molecule has 0 aliphatic carbocycles. The number of nitrogens with one attached hydrogen (secondary N) is 1. The number of aromatic nitrogens is 1. The second-order valence-corrected chi connectivity index (χ2v) is 18.9. The number of likely N-dealkylation sites (N-methyl/N-ethyl adjacent to an activating group) is 1. The minimum absolute atomic E-state index is 0.0164. The summed E-state index contributed by atoms with van der Waals surface area (Å²) in [6, 6.07) is 8.30. The molecule has 63 heavy (non-hydrogen) atoms. The van der Waals surface area contributed by atoms with Crippen LogP contribution in [0.2, 0.25) is 0 Å². The summed E-state index contributed by atoms with van der Waals surface area (Å²) in [7, 11) is 3.71. The van der Waals surface area contributed by atoms with E-state index in [2.05, 4.69) is 20.4 Å². The van der Waals surface area contributed by atoms with E-state index in [9.17, 15) is 29.4 Å². The normalized spacial score (nSPS) is 36.3. The van der Waals surface area contributed by atoms with Crippen LogP contribution in [0.4, 0.5) is 5.82 Å². The Morgan fingerprint density at radius 1 is 1.06 bits per heavy atom. The average Bonchev–Trinajstić information content (AvgIpc) is 3.71. The van der Waals surface area contributed by atoms with Crippen molar-refractivity contribution in [2.45, 2.75) is 142 Å². The molecule has 3 aliphatic heterocycles. The largest absolute Gasteiger partial charge is 0.459 e. The molecule has 348 valence electrons. The number of carbonyl (C=O) groups is 4. The molecule has 5 rings (SSSR count). The van der Waals surface area contributed by atoms with Crippen molar-refractivity contribution in [1.29, 1.82) is 0 Å². The number of ether oxygens (including phenoxy) is 5. The Bertz CT molecular complexity index is 1980. The fourth-order valence-corrected chi connectivity index (χ4v) is 9.80. The number of amides is 2.